The van der Waals surface area contributed by atoms with E-state index in [9.17, 15) is 8.42 Å². The maximum atomic E-state index is 12.2. The zero-order chi connectivity index (χ0) is 12.0. The first-order valence-corrected chi connectivity index (χ1v) is 7.40. The number of hydrogen-bond donors (Lipinski definition) is 1. The van der Waals surface area contributed by atoms with Crippen LogP contribution in [0.4, 0.5) is 0 Å². The normalized spacial score (nSPS) is 19.9. The molecule has 6 heteroatoms. The number of nitrogens with two attached hydrogens (primary N) is 1. The molecule has 0 spiro atoms. The Labute approximate surface area is 98.8 Å². The fourth-order valence-corrected chi connectivity index (χ4v) is 3.37. The van der Waals surface area contributed by atoms with Crippen LogP contribution in [0.2, 0.25) is 0 Å². The lowest BCUT2D eigenvalue weighted by Gasteiger charge is -2.26. The van der Waals surface area contributed by atoms with Crippen molar-refractivity contribution >= 4 is 10.2 Å². The average molecular weight is 249 g/mol. The third-order valence-electron chi connectivity index (χ3n) is 2.96. The van der Waals surface area contributed by atoms with Gasteiger partial charge in [0.1, 0.15) is 0 Å². The van der Waals surface area contributed by atoms with Crippen LogP contribution >= 0.6 is 0 Å². The summed E-state index contributed by atoms with van der Waals surface area (Å²) in [5.41, 5.74) is 5.39. The van der Waals surface area contributed by atoms with E-state index < -0.39 is 10.2 Å². The van der Waals surface area contributed by atoms with Gasteiger partial charge >= 0.3 is 0 Å². The maximum Gasteiger partial charge on any atom is 0.281 e. The summed E-state index contributed by atoms with van der Waals surface area (Å²) in [5, 5.41) is 0. The molecule has 0 aromatic heterocycles. The number of hydrogen-bond acceptors (Lipinski definition) is 3. The van der Waals surface area contributed by atoms with Gasteiger partial charge in [-0.2, -0.15) is 17.0 Å². The van der Waals surface area contributed by atoms with Crippen LogP contribution in [0.15, 0.2) is 0 Å². The van der Waals surface area contributed by atoms with E-state index in [1.807, 2.05) is 0 Å². The summed E-state index contributed by atoms with van der Waals surface area (Å²) in [5.74, 6) is 0. The Morgan fingerprint density at radius 3 is 2.25 bits per heavy atom. The molecule has 0 aromatic carbocycles. The highest BCUT2D eigenvalue weighted by Gasteiger charge is 2.26. The molecule has 0 amide bonds. The van der Waals surface area contributed by atoms with Crippen LogP contribution in [0, 0.1) is 0 Å². The second-order valence-corrected chi connectivity index (χ2v) is 6.32. The Morgan fingerprint density at radius 1 is 1.19 bits per heavy atom. The highest BCUT2D eigenvalue weighted by molar-refractivity contribution is 7.86. The molecule has 0 aliphatic carbocycles. The summed E-state index contributed by atoms with van der Waals surface area (Å²) in [6, 6.07) is 0. The Bertz CT molecular complexity index is 284. The van der Waals surface area contributed by atoms with Gasteiger partial charge in [0.15, 0.2) is 0 Å². The van der Waals surface area contributed by atoms with E-state index in [0.717, 1.165) is 25.7 Å². The lowest BCUT2D eigenvalue weighted by atomic mass is 10.2. The van der Waals surface area contributed by atoms with Crippen LogP contribution in [0.5, 0.6) is 0 Å². The van der Waals surface area contributed by atoms with Gasteiger partial charge in [0.2, 0.25) is 0 Å². The van der Waals surface area contributed by atoms with Crippen molar-refractivity contribution in [2.24, 2.45) is 5.73 Å². The van der Waals surface area contributed by atoms with Gasteiger partial charge in [0, 0.05) is 26.7 Å². The van der Waals surface area contributed by atoms with Gasteiger partial charge in [0.05, 0.1) is 0 Å². The first kappa shape index (κ1) is 13.9. The van der Waals surface area contributed by atoms with E-state index >= 15 is 0 Å². The smallest absolute Gasteiger partial charge is 0.281 e. The first-order valence-electron chi connectivity index (χ1n) is 6.00. The molecule has 0 atom stereocenters. The predicted octanol–water partition coefficient (Wildman–Crippen LogP) is 0.388. The minimum atomic E-state index is -3.25. The SMILES string of the molecule is CN(CCCN)S(=O)(=O)N1CCCCCC1. The summed E-state index contributed by atoms with van der Waals surface area (Å²) in [6.07, 6.45) is 4.94. The Balaban J connectivity index is 2.59. The third-order valence-corrected chi connectivity index (χ3v) is 4.95. The lowest BCUT2D eigenvalue weighted by Crippen LogP contribution is -2.43. The Morgan fingerprint density at radius 2 is 1.75 bits per heavy atom. The van der Waals surface area contributed by atoms with E-state index in [2.05, 4.69) is 0 Å². The van der Waals surface area contributed by atoms with Crippen molar-refractivity contribution < 1.29 is 8.42 Å². The highest BCUT2D eigenvalue weighted by atomic mass is 32.2. The van der Waals surface area contributed by atoms with Crippen LogP contribution < -0.4 is 5.73 Å². The van der Waals surface area contributed by atoms with Crippen molar-refractivity contribution in [2.75, 3.05) is 33.2 Å². The summed E-state index contributed by atoms with van der Waals surface area (Å²) >= 11 is 0. The van der Waals surface area contributed by atoms with Crippen molar-refractivity contribution in [3.8, 4) is 0 Å². The predicted molar refractivity (Wildman–Crippen MR) is 65.3 cm³/mol. The molecule has 5 nitrogen and oxygen atoms in total. The average Bonchev–Trinajstić information content (AvgIpc) is 2.54. The molecule has 1 heterocycles. The van der Waals surface area contributed by atoms with Gasteiger partial charge in [-0.3, -0.25) is 0 Å². The molecule has 1 aliphatic rings. The summed E-state index contributed by atoms with van der Waals surface area (Å²) in [6.45, 7) is 2.36. The molecule has 1 saturated heterocycles. The largest absolute Gasteiger partial charge is 0.330 e. The second kappa shape index (κ2) is 6.54. The molecule has 1 aliphatic heterocycles. The van der Waals surface area contributed by atoms with Crippen LogP contribution in [0.25, 0.3) is 0 Å². The van der Waals surface area contributed by atoms with Crippen LogP contribution in [-0.4, -0.2) is 50.3 Å². The number of rotatable bonds is 5. The molecular formula is C10H23N3O2S. The van der Waals surface area contributed by atoms with Crippen molar-refractivity contribution in [3.63, 3.8) is 0 Å². The van der Waals surface area contributed by atoms with E-state index in [4.69, 9.17) is 5.73 Å². The fraction of sp³-hybridized carbons (Fsp3) is 1.00. The van der Waals surface area contributed by atoms with Crippen LogP contribution in [0.1, 0.15) is 32.1 Å². The van der Waals surface area contributed by atoms with Gasteiger partial charge in [0.25, 0.3) is 10.2 Å². The van der Waals surface area contributed by atoms with E-state index in [1.165, 1.54) is 4.31 Å². The lowest BCUT2D eigenvalue weighted by molar-refractivity contribution is 0.364. The Kier molecular flexibility index (Phi) is 5.68. The van der Waals surface area contributed by atoms with Gasteiger partial charge in [-0.15, -0.1) is 0 Å². The van der Waals surface area contributed by atoms with Crippen molar-refractivity contribution in [1.82, 2.24) is 8.61 Å². The fourth-order valence-electron chi connectivity index (χ4n) is 1.90. The second-order valence-electron chi connectivity index (χ2n) is 4.28. The minimum absolute atomic E-state index is 0.509. The molecule has 0 radical (unpaired) electrons. The quantitative estimate of drug-likeness (QED) is 0.766. The minimum Gasteiger partial charge on any atom is -0.330 e. The molecule has 96 valence electrons. The van der Waals surface area contributed by atoms with E-state index in [-0.39, 0.29) is 0 Å². The zero-order valence-corrected chi connectivity index (χ0v) is 10.9. The van der Waals surface area contributed by atoms with Crippen LogP contribution in [-0.2, 0) is 10.2 Å². The first-order chi connectivity index (χ1) is 7.59. The monoisotopic (exact) mass is 249 g/mol. The topological polar surface area (TPSA) is 66.6 Å². The highest BCUT2D eigenvalue weighted by Crippen LogP contribution is 2.15. The molecular weight excluding hydrogens is 226 g/mol. The molecule has 16 heavy (non-hydrogen) atoms. The summed E-state index contributed by atoms with van der Waals surface area (Å²) in [7, 11) is -1.61. The zero-order valence-electron chi connectivity index (χ0n) is 10.1. The van der Waals surface area contributed by atoms with Gasteiger partial charge in [-0.05, 0) is 25.8 Å². The molecule has 1 rings (SSSR count). The van der Waals surface area contributed by atoms with Crippen molar-refractivity contribution in [3.05, 3.63) is 0 Å². The van der Waals surface area contributed by atoms with Crippen molar-refractivity contribution in [1.29, 1.82) is 0 Å². The molecule has 0 bridgehead atoms. The van der Waals surface area contributed by atoms with Crippen molar-refractivity contribution in [2.45, 2.75) is 32.1 Å². The summed E-state index contributed by atoms with van der Waals surface area (Å²) in [4.78, 5) is 0. The standard InChI is InChI=1S/C10H23N3O2S/c1-12(8-6-7-11)16(14,15)13-9-4-2-3-5-10-13/h2-11H2,1H3. The molecule has 0 aromatic rings. The van der Waals surface area contributed by atoms with Crippen LogP contribution in [0.3, 0.4) is 0 Å². The maximum absolute atomic E-state index is 12.2. The molecule has 1 fully saturated rings. The Hall–Kier alpha value is -0.170. The number of nitrogens with zero attached hydrogens (tertiary/aromatic N) is 2. The molecule has 2 N–H and O–H groups in total. The third kappa shape index (κ3) is 3.69. The van der Waals surface area contributed by atoms with E-state index in [0.29, 0.717) is 32.6 Å². The van der Waals surface area contributed by atoms with Gasteiger partial charge in [-0.25, -0.2) is 0 Å². The van der Waals surface area contributed by atoms with E-state index in [1.54, 1.807) is 11.4 Å². The molecule has 0 unspecified atom stereocenters. The molecule has 0 saturated carbocycles. The summed E-state index contributed by atoms with van der Waals surface area (Å²) < 4.78 is 27.3. The van der Waals surface area contributed by atoms with Gasteiger partial charge < -0.3 is 5.73 Å². The van der Waals surface area contributed by atoms with Gasteiger partial charge in [-0.1, -0.05) is 12.8 Å².